The molecule has 0 radical (unpaired) electrons. The van der Waals surface area contributed by atoms with E-state index in [1.165, 1.54) is 12.8 Å². The standard InChI is InChI=1S/C10H19N3O/c1-7-5-10(12-2,9(11)14)6-13(7)8-3-4-8/h7-8,12H,3-6H2,1-2H3,(H2,11,14). The van der Waals surface area contributed by atoms with E-state index in [-0.39, 0.29) is 5.91 Å². The van der Waals surface area contributed by atoms with E-state index in [4.69, 9.17) is 5.73 Å². The summed E-state index contributed by atoms with van der Waals surface area (Å²) in [7, 11) is 1.83. The van der Waals surface area contributed by atoms with E-state index in [1.807, 2.05) is 7.05 Å². The first-order valence-corrected chi connectivity index (χ1v) is 5.33. The number of nitrogens with zero attached hydrogens (tertiary/aromatic N) is 1. The second kappa shape index (κ2) is 3.21. The van der Waals surface area contributed by atoms with Gasteiger partial charge in [-0.2, -0.15) is 0 Å². The summed E-state index contributed by atoms with van der Waals surface area (Å²) in [6.45, 7) is 2.96. The monoisotopic (exact) mass is 197 g/mol. The lowest BCUT2D eigenvalue weighted by atomic mass is 9.96. The van der Waals surface area contributed by atoms with Gasteiger partial charge in [-0.25, -0.2) is 0 Å². The smallest absolute Gasteiger partial charge is 0.239 e. The number of primary amides is 1. The minimum absolute atomic E-state index is 0.213. The summed E-state index contributed by atoms with van der Waals surface area (Å²) >= 11 is 0. The van der Waals surface area contributed by atoms with Gasteiger partial charge in [-0.05, 0) is 33.2 Å². The Kier molecular flexibility index (Phi) is 2.27. The summed E-state index contributed by atoms with van der Waals surface area (Å²) in [5, 5.41) is 3.10. The molecule has 1 amide bonds. The largest absolute Gasteiger partial charge is 0.368 e. The Labute approximate surface area is 84.8 Å². The van der Waals surface area contributed by atoms with Crippen LogP contribution in [0.4, 0.5) is 0 Å². The Hall–Kier alpha value is -0.610. The number of amides is 1. The first kappa shape index (κ1) is 9.93. The van der Waals surface area contributed by atoms with E-state index in [0.29, 0.717) is 12.1 Å². The molecule has 4 heteroatoms. The van der Waals surface area contributed by atoms with E-state index in [1.54, 1.807) is 0 Å². The molecular formula is C10H19N3O. The number of likely N-dealkylation sites (N-methyl/N-ethyl adjacent to an activating group) is 1. The molecule has 80 valence electrons. The zero-order chi connectivity index (χ0) is 10.3. The Balaban J connectivity index is 2.12. The summed E-state index contributed by atoms with van der Waals surface area (Å²) in [4.78, 5) is 13.8. The third kappa shape index (κ3) is 1.42. The predicted octanol–water partition coefficient (Wildman–Crippen LogP) is -0.313. The predicted molar refractivity (Wildman–Crippen MR) is 54.8 cm³/mol. The van der Waals surface area contributed by atoms with Crippen LogP contribution in [-0.4, -0.2) is 42.0 Å². The zero-order valence-corrected chi connectivity index (χ0v) is 8.92. The van der Waals surface area contributed by atoms with E-state index in [0.717, 1.165) is 13.0 Å². The van der Waals surface area contributed by atoms with Gasteiger partial charge in [0.05, 0.1) is 0 Å². The van der Waals surface area contributed by atoms with Crippen molar-refractivity contribution in [2.45, 2.75) is 43.8 Å². The summed E-state index contributed by atoms with van der Waals surface area (Å²) in [6.07, 6.45) is 3.40. The molecule has 2 atom stereocenters. The fraction of sp³-hybridized carbons (Fsp3) is 0.900. The fourth-order valence-corrected chi connectivity index (χ4v) is 2.53. The van der Waals surface area contributed by atoms with Gasteiger partial charge >= 0.3 is 0 Å². The van der Waals surface area contributed by atoms with Crippen LogP contribution in [0.5, 0.6) is 0 Å². The molecule has 0 spiro atoms. The Morgan fingerprint density at radius 2 is 2.21 bits per heavy atom. The van der Waals surface area contributed by atoms with Gasteiger partial charge in [-0.3, -0.25) is 9.69 Å². The molecule has 0 bridgehead atoms. The number of likely N-dealkylation sites (tertiary alicyclic amines) is 1. The molecule has 2 aliphatic rings. The van der Waals surface area contributed by atoms with Crippen LogP contribution in [0, 0.1) is 0 Å². The molecule has 4 nitrogen and oxygen atoms in total. The van der Waals surface area contributed by atoms with Crippen molar-refractivity contribution >= 4 is 5.91 Å². The Bertz CT molecular complexity index is 252. The van der Waals surface area contributed by atoms with Crippen molar-refractivity contribution in [2.24, 2.45) is 5.73 Å². The Morgan fingerprint density at radius 3 is 2.57 bits per heavy atom. The SMILES string of the molecule is CNC1(C(N)=O)CC(C)N(C2CC2)C1. The second-order valence-electron chi connectivity index (χ2n) is 4.65. The molecule has 2 unspecified atom stereocenters. The van der Waals surface area contributed by atoms with Crippen molar-refractivity contribution in [3.63, 3.8) is 0 Å². The lowest BCUT2D eigenvalue weighted by Crippen LogP contribution is -2.55. The van der Waals surface area contributed by atoms with Crippen LogP contribution in [0.1, 0.15) is 26.2 Å². The molecule has 0 aromatic rings. The summed E-state index contributed by atoms with van der Waals surface area (Å²) in [5.41, 5.74) is 4.98. The van der Waals surface area contributed by atoms with Crippen LogP contribution in [0.3, 0.4) is 0 Å². The molecule has 1 aliphatic carbocycles. The fourth-order valence-electron chi connectivity index (χ4n) is 2.53. The number of carbonyl (C=O) groups excluding carboxylic acids is 1. The molecule has 2 rings (SSSR count). The molecule has 0 aromatic heterocycles. The number of carbonyl (C=O) groups is 1. The molecule has 14 heavy (non-hydrogen) atoms. The second-order valence-corrected chi connectivity index (χ2v) is 4.65. The molecule has 1 aliphatic heterocycles. The lowest BCUT2D eigenvalue weighted by Gasteiger charge is -2.25. The summed E-state index contributed by atoms with van der Waals surface area (Å²) in [5.74, 6) is -0.213. The number of nitrogens with one attached hydrogen (secondary N) is 1. The maximum atomic E-state index is 11.4. The van der Waals surface area contributed by atoms with Crippen LogP contribution in [-0.2, 0) is 4.79 Å². The quantitative estimate of drug-likeness (QED) is 0.652. The van der Waals surface area contributed by atoms with Gasteiger partial charge in [0.2, 0.25) is 5.91 Å². The van der Waals surface area contributed by atoms with E-state index >= 15 is 0 Å². The highest BCUT2D eigenvalue weighted by Gasteiger charge is 2.49. The maximum Gasteiger partial charge on any atom is 0.239 e. The summed E-state index contributed by atoms with van der Waals surface area (Å²) < 4.78 is 0. The van der Waals surface area contributed by atoms with Gasteiger partial charge < -0.3 is 11.1 Å². The lowest BCUT2D eigenvalue weighted by molar-refractivity contribution is -0.123. The summed E-state index contributed by atoms with van der Waals surface area (Å²) in [6, 6.07) is 1.18. The minimum Gasteiger partial charge on any atom is -0.368 e. The van der Waals surface area contributed by atoms with Crippen molar-refractivity contribution in [3.05, 3.63) is 0 Å². The zero-order valence-electron chi connectivity index (χ0n) is 8.92. The molecule has 2 fully saturated rings. The van der Waals surface area contributed by atoms with Crippen molar-refractivity contribution < 1.29 is 4.79 Å². The number of rotatable bonds is 3. The van der Waals surface area contributed by atoms with Crippen LogP contribution >= 0.6 is 0 Å². The highest BCUT2D eigenvalue weighted by Crippen LogP contribution is 2.36. The van der Waals surface area contributed by atoms with Gasteiger partial charge in [0.15, 0.2) is 0 Å². The van der Waals surface area contributed by atoms with Gasteiger partial charge in [-0.15, -0.1) is 0 Å². The average Bonchev–Trinajstić information content (AvgIpc) is 2.91. The third-order valence-electron chi connectivity index (χ3n) is 3.63. The van der Waals surface area contributed by atoms with Gasteiger partial charge in [-0.1, -0.05) is 0 Å². The van der Waals surface area contributed by atoms with E-state index in [2.05, 4.69) is 17.1 Å². The normalized spacial score (nSPS) is 38.9. The minimum atomic E-state index is -0.484. The maximum absolute atomic E-state index is 11.4. The molecule has 0 aromatic carbocycles. The van der Waals surface area contributed by atoms with Gasteiger partial charge in [0.1, 0.15) is 5.54 Å². The third-order valence-corrected chi connectivity index (χ3v) is 3.63. The van der Waals surface area contributed by atoms with Crippen LogP contribution in [0.25, 0.3) is 0 Å². The number of nitrogens with two attached hydrogens (primary N) is 1. The molecule has 3 N–H and O–H groups in total. The van der Waals surface area contributed by atoms with E-state index < -0.39 is 5.54 Å². The topological polar surface area (TPSA) is 58.4 Å². The number of hydrogen-bond donors (Lipinski definition) is 2. The van der Waals surface area contributed by atoms with Crippen molar-refractivity contribution in [1.82, 2.24) is 10.2 Å². The van der Waals surface area contributed by atoms with Crippen molar-refractivity contribution in [2.75, 3.05) is 13.6 Å². The van der Waals surface area contributed by atoms with Crippen molar-refractivity contribution in [3.8, 4) is 0 Å². The van der Waals surface area contributed by atoms with Crippen molar-refractivity contribution in [1.29, 1.82) is 0 Å². The number of hydrogen-bond acceptors (Lipinski definition) is 3. The highest BCUT2D eigenvalue weighted by molar-refractivity contribution is 5.85. The average molecular weight is 197 g/mol. The van der Waals surface area contributed by atoms with Crippen LogP contribution < -0.4 is 11.1 Å². The molecule has 1 heterocycles. The first-order valence-electron chi connectivity index (χ1n) is 5.33. The Morgan fingerprint density at radius 1 is 1.57 bits per heavy atom. The van der Waals surface area contributed by atoms with E-state index in [9.17, 15) is 4.79 Å². The van der Waals surface area contributed by atoms with Crippen LogP contribution in [0.15, 0.2) is 0 Å². The first-order chi connectivity index (χ1) is 6.59. The molecule has 1 saturated heterocycles. The molecular weight excluding hydrogens is 178 g/mol. The van der Waals surface area contributed by atoms with Crippen LogP contribution in [0.2, 0.25) is 0 Å². The van der Waals surface area contributed by atoms with Gasteiger partial charge in [0, 0.05) is 18.6 Å². The van der Waals surface area contributed by atoms with Gasteiger partial charge in [0.25, 0.3) is 0 Å². The highest BCUT2D eigenvalue weighted by atomic mass is 16.1. The molecule has 1 saturated carbocycles.